The first-order valence-electron chi connectivity index (χ1n) is 7.09. The van der Waals surface area contributed by atoms with Gasteiger partial charge in [0.2, 0.25) is 0 Å². The molecule has 3 rings (SSSR count). The Hall–Kier alpha value is -0.870. The van der Waals surface area contributed by atoms with Crippen molar-refractivity contribution in [3.05, 3.63) is 18.2 Å². The number of hydrogen-bond acceptors (Lipinski definition) is 4. The Labute approximate surface area is 119 Å². The maximum atomic E-state index is 5.97. The van der Waals surface area contributed by atoms with Crippen molar-refractivity contribution < 1.29 is 4.74 Å². The molecule has 1 fully saturated rings. The minimum Gasteiger partial charge on any atom is -0.399 e. The monoisotopic (exact) mass is 278 g/mol. The van der Waals surface area contributed by atoms with E-state index in [1.54, 1.807) is 0 Å². The number of thioether (sulfide) groups is 1. The standard InChI is InChI=1S/C15H22N2OS/c1-18-13-4-2-3-12(10-13)17-7-8-19-15-6-5-11(16)9-14(15)17/h5-6,9,12-13H,2-4,7-8,10,16H2,1H3. The molecule has 0 amide bonds. The quantitative estimate of drug-likeness (QED) is 0.844. The number of rotatable bonds is 2. The van der Waals surface area contributed by atoms with Crippen LogP contribution in [-0.4, -0.2) is 31.6 Å². The van der Waals surface area contributed by atoms with E-state index in [2.05, 4.69) is 17.0 Å². The zero-order valence-corrected chi connectivity index (χ0v) is 12.3. The molecular weight excluding hydrogens is 256 g/mol. The molecule has 2 unspecified atom stereocenters. The number of nitrogens with two attached hydrogens (primary N) is 1. The molecule has 2 aliphatic rings. The molecule has 0 saturated heterocycles. The van der Waals surface area contributed by atoms with E-state index >= 15 is 0 Å². The van der Waals surface area contributed by atoms with Crippen molar-refractivity contribution in [2.24, 2.45) is 0 Å². The first-order chi connectivity index (χ1) is 9.28. The lowest BCUT2D eigenvalue weighted by Crippen LogP contribution is -2.43. The third-order valence-electron chi connectivity index (χ3n) is 4.25. The van der Waals surface area contributed by atoms with Crippen LogP contribution in [0.3, 0.4) is 0 Å². The number of hydrogen-bond donors (Lipinski definition) is 1. The van der Waals surface area contributed by atoms with Crippen molar-refractivity contribution in [2.75, 3.05) is 30.0 Å². The minimum absolute atomic E-state index is 0.429. The molecule has 2 N–H and O–H groups in total. The van der Waals surface area contributed by atoms with E-state index in [4.69, 9.17) is 10.5 Å². The highest BCUT2D eigenvalue weighted by Gasteiger charge is 2.29. The Morgan fingerprint density at radius 3 is 3.11 bits per heavy atom. The summed E-state index contributed by atoms with van der Waals surface area (Å²) in [6.07, 6.45) is 5.33. The molecule has 1 heterocycles. The Morgan fingerprint density at radius 2 is 2.26 bits per heavy atom. The first kappa shape index (κ1) is 13.1. The summed E-state index contributed by atoms with van der Waals surface area (Å²) >= 11 is 1.94. The summed E-state index contributed by atoms with van der Waals surface area (Å²) in [7, 11) is 1.84. The van der Waals surface area contributed by atoms with Gasteiger partial charge in [0, 0.05) is 36.0 Å². The van der Waals surface area contributed by atoms with Crippen LogP contribution in [0, 0.1) is 0 Å². The Morgan fingerprint density at radius 1 is 1.37 bits per heavy atom. The normalized spacial score (nSPS) is 27.1. The summed E-state index contributed by atoms with van der Waals surface area (Å²) in [4.78, 5) is 3.94. The number of ether oxygens (including phenoxy) is 1. The SMILES string of the molecule is COC1CCCC(N2CCSc3ccc(N)cc32)C1. The predicted octanol–water partition coefficient (Wildman–Crippen LogP) is 3.14. The molecule has 1 saturated carbocycles. The third-order valence-corrected chi connectivity index (χ3v) is 5.30. The molecule has 19 heavy (non-hydrogen) atoms. The van der Waals surface area contributed by atoms with Gasteiger partial charge in [0.05, 0.1) is 11.8 Å². The molecule has 1 aromatic rings. The average Bonchev–Trinajstić information content (AvgIpc) is 2.46. The van der Waals surface area contributed by atoms with E-state index < -0.39 is 0 Å². The lowest BCUT2D eigenvalue weighted by molar-refractivity contribution is 0.0631. The van der Waals surface area contributed by atoms with Crippen molar-refractivity contribution >= 4 is 23.1 Å². The van der Waals surface area contributed by atoms with Crippen molar-refractivity contribution in [1.82, 2.24) is 0 Å². The fourth-order valence-corrected chi connectivity index (χ4v) is 4.25. The topological polar surface area (TPSA) is 38.5 Å². The molecule has 1 aliphatic carbocycles. The fraction of sp³-hybridized carbons (Fsp3) is 0.600. The van der Waals surface area contributed by atoms with Gasteiger partial charge in [-0.1, -0.05) is 0 Å². The number of nitrogen functional groups attached to an aromatic ring is 1. The molecule has 4 heteroatoms. The van der Waals surface area contributed by atoms with Crippen molar-refractivity contribution in [3.8, 4) is 0 Å². The highest BCUT2D eigenvalue weighted by atomic mass is 32.2. The molecule has 1 aliphatic heterocycles. The van der Waals surface area contributed by atoms with Crippen molar-refractivity contribution in [3.63, 3.8) is 0 Å². The zero-order chi connectivity index (χ0) is 13.2. The number of methoxy groups -OCH3 is 1. The van der Waals surface area contributed by atoms with Crippen molar-refractivity contribution in [2.45, 2.75) is 42.7 Å². The van der Waals surface area contributed by atoms with Gasteiger partial charge in [-0.15, -0.1) is 11.8 Å². The van der Waals surface area contributed by atoms with Gasteiger partial charge in [-0.2, -0.15) is 0 Å². The van der Waals surface area contributed by atoms with Crippen LogP contribution in [-0.2, 0) is 4.74 Å². The highest BCUT2D eigenvalue weighted by molar-refractivity contribution is 7.99. The van der Waals surface area contributed by atoms with Gasteiger partial charge in [-0.3, -0.25) is 0 Å². The average molecular weight is 278 g/mol. The maximum Gasteiger partial charge on any atom is 0.0591 e. The molecule has 1 aromatic carbocycles. The van der Waals surface area contributed by atoms with Gasteiger partial charge < -0.3 is 15.4 Å². The van der Waals surface area contributed by atoms with Crippen molar-refractivity contribution in [1.29, 1.82) is 0 Å². The summed E-state index contributed by atoms with van der Waals surface area (Å²) in [6, 6.07) is 6.92. The van der Waals surface area contributed by atoms with E-state index in [1.807, 2.05) is 24.9 Å². The van der Waals surface area contributed by atoms with E-state index in [0.29, 0.717) is 12.1 Å². The molecular formula is C15H22N2OS. The maximum absolute atomic E-state index is 5.97. The van der Waals surface area contributed by atoms with E-state index in [1.165, 1.54) is 35.6 Å². The van der Waals surface area contributed by atoms with Gasteiger partial charge in [0.1, 0.15) is 0 Å². The Kier molecular flexibility index (Phi) is 3.89. The highest BCUT2D eigenvalue weighted by Crippen LogP contribution is 2.39. The number of fused-ring (bicyclic) bond motifs is 1. The zero-order valence-electron chi connectivity index (χ0n) is 11.5. The fourth-order valence-electron chi connectivity index (χ4n) is 3.25. The van der Waals surface area contributed by atoms with Crippen LogP contribution in [0.4, 0.5) is 11.4 Å². The second-order valence-corrected chi connectivity index (χ2v) is 6.58. The molecule has 0 radical (unpaired) electrons. The van der Waals surface area contributed by atoms with Crippen LogP contribution in [0.2, 0.25) is 0 Å². The summed E-state index contributed by atoms with van der Waals surface area (Å²) < 4.78 is 5.57. The summed E-state index contributed by atoms with van der Waals surface area (Å²) in [5.41, 5.74) is 8.16. The smallest absolute Gasteiger partial charge is 0.0591 e. The molecule has 0 spiro atoms. The summed E-state index contributed by atoms with van der Waals surface area (Å²) in [6.45, 7) is 1.13. The van der Waals surface area contributed by atoms with Gasteiger partial charge in [0.25, 0.3) is 0 Å². The van der Waals surface area contributed by atoms with Crippen LogP contribution < -0.4 is 10.6 Å². The molecule has 104 valence electrons. The largest absolute Gasteiger partial charge is 0.399 e. The summed E-state index contributed by atoms with van der Waals surface area (Å²) in [5.74, 6) is 1.17. The van der Waals surface area contributed by atoms with Crippen LogP contribution >= 0.6 is 11.8 Å². The van der Waals surface area contributed by atoms with Crippen LogP contribution in [0.15, 0.2) is 23.1 Å². The number of benzene rings is 1. The third kappa shape index (κ3) is 2.70. The van der Waals surface area contributed by atoms with Crippen LogP contribution in [0.25, 0.3) is 0 Å². The Bertz CT molecular complexity index is 452. The van der Waals surface area contributed by atoms with Gasteiger partial charge >= 0.3 is 0 Å². The molecule has 2 atom stereocenters. The first-order valence-corrected chi connectivity index (χ1v) is 8.08. The van der Waals surface area contributed by atoms with E-state index in [0.717, 1.165) is 18.7 Å². The van der Waals surface area contributed by atoms with Crippen LogP contribution in [0.1, 0.15) is 25.7 Å². The summed E-state index contributed by atoms with van der Waals surface area (Å²) in [5, 5.41) is 0. The lowest BCUT2D eigenvalue weighted by atomic mass is 9.91. The molecule has 0 aromatic heterocycles. The molecule has 0 bridgehead atoms. The number of anilines is 2. The molecule has 3 nitrogen and oxygen atoms in total. The number of nitrogens with zero attached hydrogens (tertiary/aromatic N) is 1. The lowest BCUT2D eigenvalue weighted by Gasteiger charge is -2.41. The minimum atomic E-state index is 0.429. The van der Waals surface area contributed by atoms with Crippen LogP contribution in [0.5, 0.6) is 0 Å². The predicted molar refractivity (Wildman–Crippen MR) is 82.0 cm³/mol. The Balaban J connectivity index is 1.84. The second kappa shape index (κ2) is 5.63. The van der Waals surface area contributed by atoms with Gasteiger partial charge in [0.15, 0.2) is 0 Å². The second-order valence-electron chi connectivity index (χ2n) is 5.45. The van der Waals surface area contributed by atoms with E-state index in [-0.39, 0.29) is 0 Å². The van der Waals surface area contributed by atoms with E-state index in [9.17, 15) is 0 Å². The van der Waals surface area contributed by atoms with Gasteiger partial charge in [-0.25, -0.2) is 0 Å². The van der Waals surface area contributed by atoms with Gasteiger partial charge in [-0.05, 0) is 43.9 Å².